The van der Waals surface area contributed by atoms with Gasteiger partial charge in [-0.15, -0.1) is 0 Å². The summed E-state index contributed by atoms with van der Waals surface area (Å²) < 4.78 is 11.0. The molecular weight excluding hydrogens is 226 g/mol. The van der Waals surface area contributed by atoms with Crippen molar-refractivity contribution in [3.8, 4) is 5.75 Å². The molecule has 1 aromatic rings. The van der Waals surface area contributed by atoms with Gasteiger partial charge in [0.25, 0.3) is 0 Å². The van der Waals surface area contributed by atoms with Gasteiger partial charge in [-0.1, -0.05) is 26.0 Å². The highest BCUT2D eigenvalue weighted by Crippen LogP contribution is 2.12. The van der Waals surface area contributed by atoms with Crippen molar-refractivity contribution >= 4 is 0 Å². The zero-order valence-corrected chi connectivity index (χ0v) is 11.8. The Kier molecular flexibility index (Phi) is 7.46. The number of ether oxygens (including phenoxy) is 2. The van der Waals surface area contributed by atoms with Gasteiger partial charge in [-0.2, -0.15) is 0 Å². The van der Waals surface area contributed by atoms with Crippen LogP contribution < -0.4 is 4.74 Å². The van der Waals surface area contributed by atoms with Gasteiger partial charge in [-0.25, -0.2) is 0 Å². The molecule has 1 saturated heterocycles. The van der Waals surface area contributed by atoms with Crippen LogP contribution in [0.25, 0.3) is 0 Å². The third kappa shape index (κ3) is 5.52. The minimum Gasteiger partial charge on any atom is -0.492 e. The first-order valence-corrected chi connectivity index (χ1v) is 6.84. The van der Waals surface area contributed by atoms with Gasteiger partial charge in [0.15, 0.2) is 0 Å². The third-order valence-corrected chi connectivity index (χ3v) is 2.77. The van der Waals surface area contributed by atoms with Gasteiger partial charge in [0.05, 0.1) is 13.2 Å². The molecule has 3 heteroatoms. The minimum atomic E-state index is 0.753. The molecule has 0 spiro atoms. The summed E-state index contributed by atoms with van der Waals surface area (Å²) in [5, 5.41) is 0. The maximum atomic E-state index is 5.71. The predicted octanol–water partition coefficient (Wildman–Crippen LogP) is 2.73. The molecule has 0 atom stereocenters. The zero-order chi connectivity index (χ0) is 13.2. The first kappa shape index (κ1) is 15.0. The van der Waals surface area contributed by atoms with Gasteiger partial charge in [0, 0.05) is 19.6 Å². The normalized spacial score (nSPS) is 15.7. The van der Waals surface area contributed by atoms with E-state index in [0.717, 1.165) is 45.2 Å². The van der Waals surface area contributed by atoms with Crippen molar-refractivity contribution in [2.75, 3.05) is 39.5 Å². The van der Waals surface area contributed by atoms with Gasteiger partial charge in [0.1, 0.15) is 12.4 Å². The number of benzene rings is 1. The Morgan fingerprint density at radius 1 is 1.22 bits per heavy atom. The average molecular weight is 251 g/mol. The number of rotatable bonds is 4. The van der Waals surface area contributed by atoms with Crippen LogP contribution in [0, 0.1) is 6.92 Å². The summed E-state index contributed by atoms with van der Waals surface area (Å²) in [7, 11) is 0. The Hall–Kier alpha value is -1.06. The van der Waals surface area contributed by atoms with Gasteiger partial charge in [-0.3, -0.25) is 4.90 Å². The van der Waals surface area contributed by atoms with Crippen molar-refractivity contribution in [2.45, 2.75) is 20.8 Å². The van der Waals surface area contributed by atoms with Crippen LogP contribution in [0.1, 0.15) is 19.4 Å². The smallest absolute Gasteiger partial charge is 0.119 e. The van der Waals surface area contributed by atoms with E-state index in [0.29, 0.717) is 0 Å². The Balaban J connectivity index is 0.000000771. The highest BCUT2D eigenvalue weighted by Gasteiger charge is 2.09. The van der Waals surface area contributed by atoms with Gasteiger partial charge >= 0.3 is 0 Å². The molecule has 0 aliphatic carbocycles. The lowest BCUT2D eigenvalue weighted by atomic mass is 10.2. The Morgan fingerprint density at radius 2 is 1.94 bits per heavy atom. The van der Waals surface area contributed by atoms with Crippen LogP contribution in [-0.4, -0.2) is 44.4 Å². The minimum absolute atomic E-state index is 0.753. The summed E-state index contributed by atoms with van der Waals surface area (Å²) in [6.07, 6.45) is 0. The second-order valence-corrected chi connectivity index (χ2v) is 4.12. The maximum absolute atomic E-state index is 5.71. The van der Waals surface area contributed by atoms with E-state index < -0.39 is 0 Å². The van der Waals surface area contributed by atoms with Crippen LogP contribution in [0.15, 0.2) is 24.3 Å². The van der Waals surface area contributed by atoms with Crippen LogP contribution in [0.4, 0.5) is 0 Å². The van der Waals surface area contributed by atoms with Gasteiger partial charge < -0.3 is 9.47 Å². The molecule has 102 valence electrons. The molecule has 1 aromatic carbocycles. The van der Waals surface area contributed by atoms with Gasteiger partial charge in [-0.05, 0) is 24.6 Å². The van der Waals surface area contributed by atoms with E-state index in [2.05, 4.69) is 24.0 Å². The average Bonchev–Trinajstić information content (AvgIpc) is 2.42. The quantitative estimate of drug-likeness (QED) is 0.821. The lowest BCUT2D eigenvalue weighted by molar-refractivity contribution is 0.0322. The van der Waals surface area contributed by atoms with Crippen LogP contribution in [0.2, 0.25) is 0 Å². The van der Waals surface area contributed by atoms with E-state index in [4.69, 9.17) is 9.47 Å². The zero-order valence-electron chi connectivity index (χ0n) is 11.8. The SMILES string of the molecule is CC.Cc1cccc(OCCN2CCOCC2)c1. The predicted molar refractivity (Wildman–Crippen MR) is 75.3 cm³/mol. The number of nitrogens with zero attached hydrogens (tertiary/aromatic N) is 1. The van der Waals surface area contributed by atoms with Crippen molar-refractivity contribution in [1.82, 2.24) is 4.90 Å². The fourth-order valence-corrected chi connectivity index (χ4v) is 1.82. The molecule has 0 N–H and O–H groups in total. The van der Waals surface area contributed by atoms with Crippen LogP contribution in [0.5, 0.6) is 5.75 Å². The van der Waals surface area contributed by atoms with Crippen molar-refractivity contribution in [2.24, 2.45) is 0 Å². The van der Waals surface area contributed by atoms with E-state index in [-0.39, 0.29) is 0 Å². The molecule has 0 aromatic heterocycles. The molecule has 1 aliphatic rings. The van der Waals surface area contributed by atoms with E-state index >= 15 is 0 Å². The number of hydrogen-bond donors (Lipinski definition) is 0. The molecule has 0 radical (unpaired) electrons. The summed E-state index contributed by atoms with van der Waals surface area (Å²) in [5.74, 6) is 0.966. The van der Waals surface area contributed by atoms with Gasteiger partial charge in [0.2, 0.25) is 0 Å². The molecule has 2 rings (SSSR count). The number of aryl methyl sites for hydroxylation is 1. The lowest BCUT2D eigenvalue weighted by Gasteiger charge is -2.26. The van der Waals surface area contributed by atoms with E-state index in [1.54, 1.807) is 0 Å². The standard InChI is InChI=1S/C13H19NO2.C2H6/c1-12-3-2-4-13(11-12)16-10-7-14-5-8-15-9-6-14;1-2/h2-4,11H,5-10H2,1H3;1-2H3. The van der Waals surface area contributed by atoms with Crippen LogP contribution in [0.3, 0.4) is 0 Å². The monoisotopic (exact) mass is 251 g/mol. The summed E-state index contributed by atoms with van der Waals surface area (Å²) >= 11 is 0. The second-order valence-electron chi connectivity index (χ2n) is 4.12. The van der Waals surface area contributed by atoms with Crippen LogP contribution in [-0.2, 0) is 4.74 Å². The fourth-order valence-electron chi connectivity index (χ4n) is 1.82. The third-order valence-electron chi connectivity index (χ3n) is 2.77. The summed E-state index contributed by atoms with van der Waals surface area (Å²) in [5.41, 5.74) is 1.24. The highest BCUT2D eigenvalue weighted by molar-refractivity contribution is 5.27. The maximum Gasteiger partial charge on any atom is 0.119 e. The molecule has 0 saturated carbocycles. The van der Waals surface area contributed by atoms with Crippen molar-refractivity contribution in [3.05, 3.63) is 29.8 Å². The Morgan fingerprint density at radius 3 is 2.61 bits per heavy atom. The lowest BCUT2D eigenvalue weighted by Crippen LogP contribution is -2.38. The van der Waals surface area contributed by atoms with Crippen molar-refractivity contribution in [3.63, 3.8) is 0 Å². The molecular formula is C15H25NO2. The Bertz CT molecular complexity index is 322. The first-order valence-electron chi connectivity index (χ1n) is 6.84. The van der Waals surface area contributed by atoms with Crippen molar-refractivity contribution < 1.29 is 9.47 Å². The molecule has 18 heavy (non-hydrogen) atoms. The summed E-state index contributed by atoms with van der Waals surface area (Å²) in [4.78, 5) is 2.37. The topological polar surface area (TPSA) is 21.7 Å². The van der Waals surface area contributed by atoms with Crippen molar-refractivity contribution in [1.29, 1.82) is 0 Å². The fraction of sp³-hybridized carbons (Fsp3) is 0.600. The molecule has 0 amide bonds. The molecule has 1 fully saturated rings. The summed E-state index contributed by atoms with van der Waals surface area (Å²) in [6.45, 7) is 11.6. The molecule has 0 bridgehead atoms. The molecule has 1 aliphatic heterocycles. The highest BCUT2D eigenvalue weighted by atomic mass is 16.5. The summed E-state index contributed by atoms with van der Waals surface area (Å²) in [6, 6.07) is 8.18. The molecule has 1 heterocycles. The Labute approximate surface area is 111 Å². The van der Waals surface area contributed by atoms with E-state index in [9.17, 15) is 0 Å². The molecule has 3 nitrogen and oxygen atoms in total. The van der Waals surface area contributed by atoms with E-state index in [1.165, 1.54) is 5.56 Å². The first-order chi connectivity index (χ1) is 8.84. The molecule has 0 unspecified atom stereocenters. The number of morpholine rings is 1. The van der Waals surface area contributed by atoms with E-state index in [1.807, 2.05) is 26.0 Å². The second kappa shape index (κ2) is 8.95. The number of hydrogen-bond acceptors (Lipinski definition) is 3. The van der Waals surface area contributed by atoms with Crippen LogP contribution >= 0.6 is 0 Å². The largest absolute Gasteiger partial charge is 0.492 e.